The van der Waals surface area contributed by atoms with Gasteiger partial charge in [-0.2, -0.15) is 4.98 Å². The van der Waals surface area contributed by atoms with Gasteiger partial charge in [-0.05, 0) is 39.5 Å². The van der Waals surface area contributed by atoms with E-state index in [1.807, 2.05) is 11.4 Å². The van der Waals surface area contributed by atoms with E-state index in [1.54, 1.807) is 7.05 Å². The molecule has 0 unspecified atom stereocenters. The van der Waals surface area contributed by atoms with Crippen LogP contribution < -0.4 is 10.6 Å². The highest BCUT2D eigenvalue weighted by Crippen LogP contribution is 2.36. The molecule has 0 aliphatic heterocycles. The van der Waals surface area contributed by atoms with Crippen LogP contribution in [-0.2, 0) is 0 Å². The molecule has 108 valence electrons. The molecule has 1 aromatic carbocycles. The molecule has 2 N–H and O–H groups in total. The third-order valence-corrected chi connectivity index (χ3v) is 4.53. The van der Waals surface area contributed by atoms with Crippen molar-refractivity contribution in [2.24, 2.45) is 0 Å². The lowest BCUT2D eigenvalue weighted by Gasteiger charge is -2.12. The molecule has 2 aromatic heterocycles. The predicted octanol–water partition coefficient (Wildman–Crippen LogP) is 5.03. The van der Waals surface area contributed by atoms with Gasteiger partial charge in [-0.1, -0.05) is 11.6 Å². The molecule has 2 heterocycles. The van der Waals surface area contributed by atoms with E-state index in [4.69, 9.17) is 11.6 Å². The number of rotatable bonds is 3. The van der Waals surface area contributed by atoms with Gasteiger partial charge < -0.3 is 10.6 Å². The molecular formula is C13H9BrClFN4S. The van der Waals surface area contributed by atoms with E-state index in [-0.39, 0.29) is 5.02 Å². The van der Waals surface area contributed by atoms with Gasteiger partial charge in [0.05, 0.1) is 16.1 Å². The second kappa shape index (κ2) is 5.75. The third-order valence-electron chi connectivity index (χ3n) is 2.80. The number of anilines is 3. The number of nitrogens with zero attached hydrogens (tertiary/aromatic N) is 2. The number of thiophene rings is 1. The summed E-state index contributed by atoms with van der Waals surface area (Å²) in [5.74, 6) is 0.707. The number of hydrogen-bond donors (Lipinski definition) is 2. The van der Waals surface area contributed by atoms with Crippen LogP contribution in [0.4, 0.5) is 21.8 Å². The van der Waals surface area contributed by atoms with Crippen molar-refractivity contribution >= 4 is 66.5 Å². The Labute approximate surface area is 137 Å². The first kappa shape index (κ1) is 14.5. The quantitative estimate of drug-likeness (QED) is 0.661. The molecule has 21 heavy (non-hydrogen) atoms. The number of fused-ring (bicyclic) bond motifs is 1. The Morgan fingerprint density at radius 2 is 2.14 bits per heavy atom. The Kier molecular flexibility index (Phi) is 3.97. The summed E-state index contributed by atoms with van der Waals surface area (Å²) in [4.78, 5) is 9.61. The average molecular weight is 388 g/mol. The van der Waals surface area contributed by atoms with Crippen molar-refractivity contribution in [3.8, 4) is 0 Å². The molecule has 0 fully saturated rings. The van der Waals surface area contributed by atoms with Crippen molar-refractivity contribution in [2.75, 3.05) is 17.7 Å². The third kappa shape index (κ3) is 2.81. The van der Waals surface area contributed by atoms with Crippen molar-refractivity contribution in [1.82, 2.24) is 9.97 Å². The molecule has 3 aromatic rings. The van der Waals surface area contributed by atoms with Gasteiger partial charge in [0.25, 0.3) is 0 Å². The molecule has 0 spiro atoms. The Bertz CT molecular complexity index is 800. The summed E-state index contributed by atoms with van der Waals surface area (Å²) in [6.45, 7) is 0. The molecule has 0 bridgehead atoms. The van der Waals surface area contributed by atoms with Crippen molar-refractivity contribution < 1.29 is 4.39 Å². The van der Waals surface area contributed by atoms with Gasteiger partial charge in [-0.3, -0.25) is 0 Å². The fraction of sp³-hybridized carbons (Fsp3) is 0.0769. The summed E-state index contributed by atoms with van der Waals surface area (Å²) >= 11 is 10.9. The largest absolute Gasteiger partial charge is 0.357 e. The minimum atomic E-state index is -0.406. The highest BCUT2D eigenvalue weighted by molar-refractivity contribution is 9.10. The maximum atomic E-state index is 13.3. The fourth-order valence-corrected chi connectivity index (χ4v) is 3.51. The number of halogens is 3. The van der Waals surface area contributed by atoms with Crippen LogP contribution in [-0.4, -0.2) is 17.0 Å². The molecule has 3 rings (SSSR count). The van der Waals surface area contributed by atoms with Crippen LogP contribution in [0.25, 0.3) is 10.2 Å². The normalized spacial score (nSPS) is 10.9. The first-order chi connectivity index (χ1) is 10.1. The summed E-state index contributed by atoms with van der Waals surface area (Å²) in [5.41, 5.74) is 0.561. The van der Waals surface area contributed by atoms with E-state index in [0.717, 1.165) is 10.2 Å². The Hall–Kier alpha value is -1.44. The van der Waals surface area contributed by atoms with Crippen LogP contribution in [0, 0.1) is 5.82 Å². The molecule has 0 atom stereocenters. The second-order valence-electron chi connectivity index (χ2n) is 4.15. The van der Waals surface area contributed by atoms with E-state index in [2.05, 4.69) is 36.5 Å². The van der Waals surface area contributed by atoms with E-state index >= 15 is 0 Å². The van der Waals surface area contributed by atoms with Gasteiger partial charge >= 0.3 is 0 Å². The smallest absolute Gasteiger partial charge is 0.225 e. The highest BCUT2D eigenvalue weighted by Gasteiger charge is 2.13. The first-order valence-corrected chi connectivity index (χ1v) is 7.98. The highest BCUT2D eigenvalue weighted by atomic mass is 79.9. The molecule has 0 aliphatic rings. The van der Waals surface area contributed by atoms with Gasteiger partial charge in [0, 0.05) is 11.5 Å². The SMILES string of the molecule is CNc1nc(Nc2c(Cl)cc(F)cc2Br)c2ccsc2n1. The standard InChI is InChI=1S/C13H9BrClFN4S/c1-17-13-19-11(7-2-3-21-12(7)20-13)18-10-8(14)4-6(16)5-9(10)15/h2-5H,1H3,(H2,17,18,19,20). The van der Waals surface area contributed by atoms with E-state index < -0.39 is 5.82 Å². The zero-order chi connectivity index (χ0) is 15.0. The lowest BCUT2D eigenvalue weighted by Crippen LogP contribution is -2.01. The molecule has 4 nitrogen and oxygen atoms in total. The number of hydrogen-bond acceptors (Lipinski definition) is 5. The maximum absolute atomic E-state index is 13.3. The van der Waals surface area contributed by atoms with Gasteiger partial charge in [0.2, 0.25) is 5.95 Å². The summed E-state index contributed by atoms with van der Waals surface area (Å²) in [6.07, 6.45) is 0. The van der Waals surface area contributed by atoms with E-state index in [9.17, 15) is 4.39 Å². The topological polar surface area (TPSA) is 49.8 Å². The summed E-state index contributed by atoms with van der Waals surface area (Å²) in [6, 6.07) is 4.52. The van der Waals surface area contributed by atoms with Gasteiger partial charge in [-0.15, -0.1) is 11.3 Å². The molecule has 0 radical (unpaired) electrons. The maximum Gasteiger partial charge on any atom is 0.225 e. The molecule has 0 aliphatic carbocycles. The second-order valence-corrected chi connectivity index (χ2v) is 6.31. The minimum absolute atomic E-state index is 0.273. The number of benzene rings is 1. The molecular weight excluding hydrogens is 379 g/mol. The van der Waals surface area contributed by atoms with Crippen LogP contribution in [0.15, 0.2) is 28.1 Å². The van der Waals surface area contributed by atoms with Crippen molar-refractivity contribution in [3.63, 3.8) is 0 Å². The predicted molar refractivity (Wildman–Crippen MR) is 89.4 cm³/mol. The Morgan fingerprint density at radius 3 is 2.86 bits per heavy atom. The van der Waals surface area contributed by atoms with Gasteiger partial charge in [0.1, 0.15) is 16.5 Å². The van der Waals surface area contributed by atoms with Crippen molar-refractivity contribution in [2.45, 2.75) is 0 Å². The lowest BCUT2D eigenvalue weighted by molar-refractivity contribution is 0.627. The van der Waals surface area contributed by atoms with Crippen molar-refractivity contribution in [1.29, 1.82) is 0 Å². The summed E-state index contributed by atoms with van der Waals surface area (Å²) in [5, 5.41) is 9.14. The van der Waals surface area contributed by atoms with Crippen LogP contribution in [0.2, 0.25) is 5.02 Å². The van der Waals surface area contributed by atoms with Gasteiger partial charge in [0.15, 0.2) is 0 Å². The molecule has 0 amide bonds. The fourth-order valence-electron chi connectivity index (χ4n) is 1.84. The monoisotopic (exact) mass is 386 g/mol. The van der Waals surface area contributed by atoms with Crippen LogP contribution in [0.3, 0.4) is 0 Å². The zero-order valence-corrected chi connectivity index (χ0v) is 13.9. The lowest BCUT2D eigenvalue weighted by atomic mass is 10.3. The first-order valence-electron chi connectivity index (χ1n) is 5.93. The molecule has 0 saturated carbocycles. The zero-order valence-electron chi connectivity index (χ0n) is 10.7. The average Bonchev–Trinajstić information content (AvgIpc) is 2.90. The molecule has 0 saturated heterocycles. The van der Waals surface area contributed by atoms with Crippen LogP contribution in [0.5, 0.6) is 0 Å². The van der Waals surface area contributed by atoms with Crippen molar-refractivity contribution in [3.05, 3.63) is 38.9 Å². The minimum Gasteiger partial charge on any atom is -0.357 e. The van der Waals surface area contributed by atoms with Crippen LogP contribution in [0.1, 0.15) is 0 Å². The van der Waals surface area contributed by atoms with Crippen LogP contribution >= 0.6 is 38.9 Å². The number of aromatic nitrogens is 2. The summed E-state index contributed by atoms with van der Waals surface area (Å²) in [7, 11) is 1.75. The van der Waals surface area contributed by atoms with E-state index in [1.165, 1.54) is 23.5 Å². The number of nitrogens with one attached hydrogen (secondary N) is 2. The van der Waals surface area contributed by atoms with Gasteiger partial charge in [-0.25, -0.2) is 9.37 Å². The van der Waals surface area contributed by atoms with E-state index in [0.29, 0.717) is 21.9 Å². The Balaban J connectivity index is 2.11. The summed E-state index contributed by atoms with van der Waals surface area (Å²) < 4.78 is 13.8. The Morgan fingerprint density at radius 1 is 1.33 bits per heavy atom. The molecule has 8 heteroatoms.